The first-order chi connectivity index (χ1) is 13.2. The van der Waals surface area contributed by atoms with E-state index in [1.807, 2.05) is 5.38 Å². The molecule has 0 radical (unpaired) electrons. The zero-order valence-corrected chi connectivity index (χ0v) is 16.3. The highest BCUT2D eigenvalue weighted by Gasteiger charge is 2.21. The van der Waals surface area contributed by atoms with Gasteiger partial charge < -0.3 is 19.3 Å². The largest absolute Gasteiger partial charge is 0.450 e. The average molecular weight is 395 g/mol. The van der Waals surface area contributed by atoms with Gasteiger partial charge in [0.15, 0.2) is 5.13 Å². The van der Waals surface area contributed by atoms with E-state index in [1.165, 1.54) is 0 Å². The number of amides is 2. The van der Waals surface area contributed by atoms with Crippen LogP contribution in [0, 0.1) is 0 Å². The van der Waals surface area contributed by atoms with Crippen LogP contribution >= 0.6 is 11.3 Å². The maximum Gasteiger partial charge on any atom is 0.409 e. The summed E-state index contributed by atoms with van der Waals surface area (Å²) >= 11 is 1.55. The summed E-state index contributed by atoms with van der Waals surface area (Å²) in [6.45, 7) is 6.35. The molecule has 1 aromatic rings. The van der Waals surface area contributed by atoms with Gasteiger partial charge in [0.1, 0.15) is 0 Å². The molecule has 2 aliphatic rings. The molecule has 0 saturated carbocycles. The van der Waals surface area contributed by atoms with Gasteiger partial charge in [-0.25, -0.2) is 15.2 Å². The van der Waals surface area contributed by atoms with Gasteiger partial charge in [0.25, 0.3) is 0 Å². The van der Waals surface area contributed by atoms with Crippen LogP contribution in [-0.2, 0) is 20.7 Å². The Kier molecular flexibility index (Phi) is 6.99. The number of nitrogens with zero attached hydrogens (tertiary/aromatic N) is 4. The lowest BCUT2D eigenvalue weighted by Crippen LogP contribution is -2.39. The Morgan fingerprint density at radius 3 is 2.74 bits per heavy atom. The summed E-state index contributed by atoms with van der Waals surface area (Å²) in [5.41, 5.74) is 4.24. The number of carbonyl (C=O) groups is 2. The summed E-state index contributed by atoms with van der Waals surface area (Å²) in [4.78, 5) is 32.2. The first kappa shape index (κ1) is 19.6. The van der Waals surface area contributed by atoms with Gasteiger partial charge in [-0.2, -0.15) is 5.10 Å². The molecule has 2 aliphatic heterocycles. The van der Waals surface area contributed by atoms with Crippen molar-refractivity contribution in [2.24, 2.45) is 5.10 Å². The molecule has 2 saturated heterocycles. The molecule has 3 heterocycles. The Labute approximate surface area is 162 Å². The van der Waals surface area contributed by atoms with Crippen LogP contribution in [0.25, 0.3) is 0 Å². The number of rotatable bonds is 5. The molecule has 27 heavy (non-hydrogen) atoms. The lowest BCUT2D eigenvalue weighted by molar-refractivity contribution is -0.120. The van der Waals surface area contributed by atoms with Crippen LogP contribution in [0.15, 0.2) is 10.5 Å². The van der Waals surface area contributed by atoms with Gasteiger partial charge in [0, 0.05) is 50.1 Å². The molecule has 0 unspecified atom stereocenters. The van der Waals surface area contributed by atoms with E-state index in [-0.39, 0.29) is 18.4 Å². The molecule has 0 aromatic carbocycles. The number of likely N-dealkylation sites (tertiary alicyclic amines) is 1. The molecule has 148 valence electrons. The summed E-state index contributed by atoms with van der Waals surface area (Å²) < 4.78 is 10.3. The topological polar surface area (TPSA) is 96.4 Å². The van der Waals surface area contributed by atoms with Crippen LogP contribution in [0.5, 0.6) is 0 Å². The van der Waals surface area contributed by atoms with E-state index in [1.54, 1.807) is 23.2 Å². The lowest BCUT2D eigenvalue weighted by atomic mass is 10.1. The number of morpholine rings is 1. The van der Waals surface area contributed by atoms with E-state index in [4.69, 9.17) is 9.47 Å². The second kappa shape index (κ2) is 9.65. The van der Waals surface area contributed by atoms with E-state index in [0.717, 1.165) is 29.6 Å². The molecule has 3 rings (SSSR count). The quantitative estimate of drug-likeness (QED) is 0.754. The van der Waals surface area contributed by atoms with Gasteiger partial charge >= 0.3 is 6.09 Å². The molecule has 1 aromatic heterocycles. The first-order valence-electron chi connectivity index (χ1n) is 9.18. The van der Waals surface area contributed by atoms with Gasteiger partial charge in [-0.1, -0.05) is 0 Å². The van der Waals surface area contributed by atoms with Gasteiger partial charge in [-0.05, 0) is 6.92 Å². The van der Waals surface area contributed by atoms with Crippen LogP contribution in [0.1, 0.15) is 25.5 Å². The highest BCUT2D eigenvalue weighted by atomic mass is 32.1. The Hall–Kier alpha value is -2.20. The lowest BCUT2D eigenvalue weighted by Gasteiger charge is -2.26. The predicted molar refractivity (Wildman–Crippen MR) is 102 cm³/mol. The molecule has 2 fully saturated rings. The molecular formula is C17H25N5O4S. The number of hydrogen-bond donors (Lipinski definition) is 1. The maximum atomic E-state index is 12.1. The minimum Gasteiger partial charge on any atom is -0.450 e. The number of hydrazone groups is 1. The zero-order chi connectivity index (χ0) is 19.1. The second-order valence-corrected chi connectivity index (χ2v) is 7.13. The number of piperidine rings is 1. The van der Waals surface area contributed by atoms with E-state index in [2.05, 4.69) is 20.4 Å². The number of thiazole rings is 1. The highest BCUT2D eigenvalue weighted by Crippen LogP contribution is 2.21. The van der Waals surface area contributed by atoms with Crippen LogP contribution in [0.2, 0.25) is 0 Å². The SMILES string of the molecule is CCOC(=O)N1CCC(=NNC(=O)Cc2csc(N3CCOCC3)n2)CC1. The molecular weight excluding hydrogens is 370 g/mol. The van der Waals surface area contributed by atoms with E-state index in [9.17, 15) is 9.59 Å². The van der Waals surface area contributed by atoms with Crippen molar-refractivity contribution in [2.75, 3.05) is 50.9 Å². The van der Waals surface area contributed by atoms with Crippen LogP contribution in [0.3, 0.4) is 0 Å². The molecule has 0 atom stereocenters. The van der Waals surface area contributed by atoms with Gasteiger partial charge in [-0.3, -0.25) is 4.79 Å². The number of anilines is 1. The van der Waals surface area contributed by atoms with Crippen molar-refractivity contribution in [3.8, 4) is 0 Å². The smallest absolute Gasteiger partial charge is 0.409 e. The first-order valence-corrected chi connectivity index (χ1v) is 10.1. The van der Waals surface area contributed by atoms with Crippen LogP contribution in [0.4, 0.5) is 9.93 Å². The monoisotopic (exact) mass is 395 g/mol. The van der Waals surface area contributed by atoms with E-state index < -0.39 is 0 Å². The predicted octanol–water partition coefficient (Wildman–Crippen LogP) is 1.25. The fourth-order valence-corrected chi connectivity index (χ4v) is 3.78. The van der Waals surface area contributed by atoms with Gasteiger partial charge in [0.05, 0.1) is 31.9 Å². The third kappa shape index (κ3) is 5.64. The minimum absolute atomic E-state index is 0.186. The van der Waals surface area contributed by atoms with Crippen LogP contribution < -0.4 is 10.3 Å². The third-order valence-electron chi connectivity index (χ3n) is 4.37. The van der Waals surface area contributed by atoms with Crippen molar-refractivity contribution < 1.29 is 19.1 Å². The average Bonchev–Trinajstić information content (AvgIpc) is 3.16. The molecule has 0 aliphatic carbocycles. The van der Waals surface area contributed by atoms with Gasteiger partial charge in [0.2, 0.25) is 5.91 Å². The number of hydrogen-bond acceptors (Lipinski definition) is 8. The number of aromatic nitrogens is 1. The molecule has 0 spiro atoms. The summed E-state index contributed by atoms with van der Waals surface area (Å²) in [7, 11) is 0. The summed E-state index contributed by atoms with van der Waals surface area (Å²) in [5, 5.41) is 7.04. The van der Waals surface area contributed by atoms with E-state index >= 15 is 0 Å². The number of carbonyl (C=O) groups excluding carboxylic acids is 2. The third-order valence-corrected chi connectivity index (χ3v) is 5.32. The normalized spacial score (nSPS) is 17.6. The fourth-order valence-electron chi connectivity index (χ4n) is 2.90. The fraction of sp³-hybridized carbons (Fsp3) is 0.647. The van der Waals surface area contributed by atoms with Crippen molar-refractivity contribution in [3.05, 3.63) is 11.1 Å². The van der Waals surface area contributed by atoms with Crippen molar-refractivity contribution >= 4 is 34.2 Å². The Balaban J connectivity index is 1.43. The number of ether oxygens (including phenoxy) is 2. The second-order valence-electron chi connectivity index (χ2n) is 6.30. The Morgan fingerprint density at radius 2 is 2.04 bits per heavy atom. The summed E-state index contributed by atoms with van der Waals surface area (Å²) in [6.07, 6.45) is 1.18. The summed E-state index contributed by atoms with van der Waals surface area (Å²) in [5.74, 6) is -0.186. The van der Waals surface area contributed by atoms with E-state index in [0.29, 0.717) is 45.8 Å². The number of nitrogens with one attached hydrogen (secondary N) is 1. The zero-order valence-electron chi connectivity index (χ0n) is 15.5. The Bertz CT molecular complexity index is 677. The van der Waals surface area contributed by atoms with Gasteiger partial charge in [-0.15, -0.1) is 11.3 Å². The minimum atomic E-state index is -0.291. The summed E-state index contributed by atoms with van der Waals surface area (Å²) in [6, 6.07) is 0. The van der Waals surface area contributed by atoms with Crippen molar-refractivity contribution in [3.63, 3.8) is 0 Å². The van der Waals surface area contributed by atoms with Crippen molar-refractivity contribution in [1.82, 2.24) is 15.3 Å². The molecule has 0 bridgehead atoms. The highest BCUT2D eigenvalue weighted by molar-refractivity contribution is 7.13. The molecule has 1 N–H and O–H groups in total. The Morgan fingerprint density at radius 1 is 1.30 bits per heavy atom. The van der Waals surface area contributed by atoms with Crippen molar-refractivity contribution in [2.45, 2.75) is 26.2 Å². The molecule has 10 heteroatoms. The van der Waals surface area contributed by atoms with Crippen LogP contribution in [-0.4, -0.2) is 73.6 Å². The maximum absolute atomic E-state index is 12.1. The van der Waals surface area contributed by atoms with Crippen molar-refractivity contribution in [1.29, 1.82) is 0 Å². The standard InChI is InChI=1S/C17H25N5O4S/c1-2-26-17(24)22-5-3-13(4-6-22)19-20-15(23)11-14-12-27-16(18-14)21-7-9-25-10-8-21/h12H,2-11H2,1H3,(H,20,23). The molecule has 9 nitrogen and oxygen atoms in total. The molecule has 2 amide bonds.